The average molecular weight is 318 g/mol. The first-order valence-electron chi connectivity index (χ1n) is 6.85. The number of anilines is 1. The van der Waals surface area contributed by atoms with Crippen molar-refractivity contribution in [1.82, 2.24) is 4.98 Å². The smallest absolute Gasteiger partial charge is 0.335 e. The Morgan fingerprint density at radius 1 is 1.32 bits per heavy atom. The third kappa shape index (κ3) is 3.15. The summed E-state index contributed by atoms with van der Waals surface area (Å²) in [7, 11) is 0. The van der Waals surface area contributed by atoms with Gasteiger partial charge in [0.25, 0.3) is 5.91 Å². The van der Waals surface area contributed by atoms with Gasteiger partial charge in [0.2, 0.25) is 0 Å². The fourth-order valence-corrected chi connectivity index (χ4v) is 3.10. The molecule has 2 N–H and O–H groups in total. The van der Waals surface area contributed by atoms with Crippen LogP contribution in [0, 0.1) is 0 Å². The topological polar surface area (TPSA) is 88.5 Å². The van der Waals surface area contributed by atoms with Gasteiger partial charge in [-0.2, -0.15) is 0 Å². The first-order valence-corrected chi connectivity index (χ1v) is 7.67. The molecule has 0 radical (unpaired) electrons. The molecule has 1 fully saturated rings. The number of nitrogens with one attached hydrogen (secondary N) is 1. The number of amides is 1. The standard InChI is InChI=1S/C15H14N2O4S/c18-13(17-10-5-3-9(4-6-10)15(19)20)12-8-16-14(22-12)11-2-1-7-21-11/h3-6,8,11H,1-2,7H2,(H,17,18)(H,19,20). The maximum atomic E-state index is 12.2. The van der Waals surface area contributed by atoms with Gasteiger partial charge in [0.1, 0.15) is 16.0 Å². The van der Waals surface area contributed by atoms with E-state index in [2.05, 4.69) is 10.3 Å². The van der Waals surface area contributed by atoms with Crippen molar-refractivity contribution < 1.29 is 19.4 Å². The predicted octanol–water partition coefficient (Wildman–Crippen LogP) is 2.95. The number of benzene rings is 1. The summed E-state index contributed by atoms with van der Waals surface area (Å²) in [6.45, 7) is 0.738. The number of rotatable bonds is 4. The average Bonchev–Trinajstić information content (AvgIpc) is 3.19. The van der Waals surface area contributed by atoms with E-state index in [4.69, 9.17) is 9.84 Å². The van der Waals surface area contributed by atoms with Crippen LogP contribution in [0.1, 0.15) is 44.0 Å². The molecule has 7 heteroatoms. The SMILES string of the molecule is O=C(O)c1ccc(NC(=O)c2cnc(C3CCCO3)s2)cc1. The van der Waals surface area contributed by atoms with E-state index in [1.807, 2.05) is 0 Å². The fourth-order valence-electron chi connectivity index (χ4n) is 2.20. The van der Waals surface area contributed by atoms with Crippen LogP contribution in [0.4, 0.5) is 5.69 Å². The molecule has 1 aliphatic heterocycles. The zero-order valence-corrected chi connectivity index (χ0v) is 12.4. The van der Waals surface area contributed by atoms with Crippen LogP contribution in [-0.2, 0) is 4.74 Å². The van der Waals surface area contributed by atoms with Gasteiger partial charge in [-0.1, -0.05) is 0 Å². The molecular formula is C15H14N2O4S. The summed E-state index contributed by atoms with van der Waals surface area (Å²) in [6, 6.07) is 6.01. The predicted molar refractivity (Wildman–Crippen MR) is 81.4 cm³/mol. The van der Waals surface area contributed by atoms with Crippen LogP contribution in [0.5, 0.6) is 0 Å². The number of hydrogen-bond acceptors (Lipinski definition) is 5. The second-order valence-electron chi connectivity index (χ2n) is 4.90. The molecule has 114 valence electrons. The van der Waals surface area contributed by atoms with Crippen LogP contribution in [0.25, 0.3) is 0 Å². The van der Waals surface area contributed by atoms with Gasteiger partial charge in [0.15, 0.2) is 0 Å². The first kappa shape index (κ1) is 14.7. The number of hydrogen-bond donors (Lipinski definition) is 2. The minimum atomic E-state index is -0.999. The molecule has 0 aliphatic carbocycles. The Morgan fingerprint density at radius 3 is 2.73 bits per heavy atom. The molecule has 1 aromatic heterocycles. The van der Waals surface area contributed by atoms with E-state index < -0.39 is 5.97 Å². The molecule has 0 saturated carbocycles. The molecule has 1 atom stereocenters. The van der Waals surface area contributed by atoms with Gasteiger partial charge in [0, 0.05) is 12.3 Å². The molecule has 2 aromatic rings. The van der Waals surface area contributed by atoms with Gasteiger partial charge in [-0.05, 0) is 37.1 Å². The maximum Gasteiger partial charge on any atom is 0.335 e. The van der Waals surface area contributed by atoms with E-state index in [0.29, 0.717) is 10.6 Å². The third-order valence-electron chi connectivity index (χ3n) is 3.34. The monoisotopic (exact) mass is 318 g/mol. The molecule has 1 aromatic carbocycles. The summed E-state index contributed by atoms with van der Waals surface area (Å²) in [5.74, 6) is -1.26. The largest absolute Gasteiger partial charge is 0.478 e. The van der Waals surface area contributed by atoms with E-state index in [1.165, 1.54) is 23.5 Å². The van der Waals surface area contributed by atoms with Gasteiger partial charge in [-0.25, -0.2) is 9.78 Å². The number of aromatic nitrogens is 1. The first-order chi connectivity index (χ1) is 10.6. The van der Waals surface area contributed by atoms with Crippen molar-refractivity contribution in [3.8, 4) is 0 Å². The molecule has 0 bridgehead atoms. The Labute approximate surface area is 130 Å². The normalized spacial score (nSPS) is 17.4. The van der Waals surface area contributed by atoms with Crippen LogP contribution in [0.3, 0.4) is 0 Å². The summed E-state index contributed by atoms with van der Waals surface area (Å²) >= 11 is 1.32. The van der Waals surface area contributed by atoms with E-state index in [9.17, 15) is 9.59 Å². The van der Waals surface area contributed by atoms with E-state index in [1.54, 1.807) is 18.3 Å². The number of carbonyl (C=O) groups excluding carboxylic acids is 1. The minimum absolute atomic E-state index is 0.00130. The molecular weight excluding hydrogens is 304 g/mol. The number of nitrogens with zero attached hydrogens (tertiary/aromatic N) is 1. The van der Waals surface area contributed by atoms with Gasteiger partial charge < -0.3 is 15.2 Å². The number of carboxylic acids is 1. The molecule has 1 aliphatic rings. The van der Waals surface area contributed by atoms with Crippen molar-refractivity contribution in [2.24, 2.45) is 0 Å². The molecule has 1 amide bonds. The summed E-state index contributed by atoms with van der Waals surface area (Å²) in [5.41, 5.74) is 0.721. The Bertz CT molecular complexity index is 690. The van der Waals surface area contributed by atoms with Crippen LogP contribution < -0.4 is 5.32 Å². The van der Waals surface area contributed by atoms with Crippen molar-refractivity contribution in [3.05, 3.63) is 45.9 Å². The highest BCUT2D eigenvalue weighted by atomic mass is 32.1. The van der Waals surface area contributed by atoms with E-state index >= 15 is 0 Å². The second-order valence-corrected chi connectivity index (χ2v) is 5.96. The minimum Gasteiger partial charge on any atom is -0.478 e. The molecule has 6 nitrogen and oxygen atoms in total. The Balaban J connectivity index is 1.67. The zero-order valence-electron chi connectivity index (χ0n) is 11.6. The van der Waals surface area contributed by atoms with E-state index in [-0.39, 0.29) is 17.6 Å². The summed E-state index contributed by atoms with van der Waals surface area (Å²) < 4.78 is 5.55. The van der Waals surface area contributed by atoms with Crippen molar-refractivity contribution in [2.45, 2.75) is 18.9 Å². The molecule has 1 saturated heterocycles. The van der Waals surface area contributed by atoms with Gasteiger partial charge in [-0.15, -0.1) is 11.3 Å². The van der Waals surface area contributed by atoms with Crippen LogP contribution in [0.15, 0.2) is 30.5 Å². The number of thiazole rings is 1. The van der Waals surface area contributed by atoms with Gasteiger partial charge >= 0.3 is 5.97 Å². The highest BCUT2D eigenvalue weighted by molar-refractivity contribution is 7.13. The highest BCUT2D eigenvalue weighted by Crippen LogP contribution is 2.31. The molecule has 0 spiro atoms. The summed E-state index contributed by atoms with van der Waals surface area (Å²) in [4.78, 5) is 27.7. The summed E-state index contributed by atoms with van der Waals surface area (Å²) in [5, 5.41) is 12.4. The maximum absolute atomic E-state index is 12.2. The lowest BCUT2D eigenvalue weighted by Crippen LogP contribution is -2.10. The lowest BCUT2D eigenvalue weighted by atomic mass is 10.2. The molecule has 1 unspecified atom stereocenters. The lowest BCUT2D eigenvalue weighted by molar-refractivity contribution is 0.0696. The second kappa shape index (κ2) is 6.25. The lowest BCUT2D eigenvalue weighted by Gasteiger charge is -2.04. The quantitative estimate of drug-likeness (QED) is 0.905. The van der Waals surface area contributed by atoms with Crippen molar-refractivity contribution in [3.63, 3.8) is 0 Å². The zero-order chi connectivity index (χ0) is 15.5. The molecule has 2 heterocycles. The summed E-state index contributed by atoms with van der Waals surface area (Å²) in [6.07, 6.45) is 3.50. The van der Waals surface area contributed by atoms with Gasteiger partial charge in [0.05, 0.1) is 11.8 Å². The van der Waals surface area contributed by atoms with Crippen molar-refractivity contribution in [1.29, 1.82) is 0 Å². The van der Waals surface area contributed by atoms with Crippen LogP contribution in [-0.4, -0.2) is 28.6 Å². The number of ether oxygens (including phenoxy) is 1. The number of carbonyl (C=O) groups is 2. The third-order valence-corrected chi connectivity index (χ3v) is 4.43. The number of carboxylic acid groups (broad SMARTS) is 1. The van der Waals surface area contributed by atoms with Crippen LogP contribution in [0.2, 0.25) is 0 Å². The molecule has 3 rings (SSSR count). The Morgan fingerprint density at radius 2 is 2.09 bits per heavy atom. The number of aromatic carboxylic acids is 1. The van der Waals surface area contributed by atoms with Gasteiger partial charge in [-0.3, -0.25) is 4.79 Å². The Kier molecular flexibility index (Phi) is 4.17. The van der Waals surface area contributed by atoms with Crippen LogP contribution >= 0.6 is 11.3 Å². The molecule has 22 heavy (non-hydrogen) atoms. The Hall–Kier alpha value is -2.25. The van der Waals surface area contributed by atoms with Crippen molar-refractivity contribution in [2.75, 3.05) is 11.9 Å². The van der Waals surface area contributed by atoms with E-state index in [0.717, 1.165) is 24.5 Å². The fraction of sp³-hybridized carbons (Fsp3) is 0.267. The van der Waals surface area contributed by atoms with Crippen molar-refractivity contribution >= 4 is 28.9 Å². The highest BCUT2D eigenvalue weighted by Gasteiger charge is 2.22.